The number of rotatable bonds is 6. The molecule has 0 aromatic rings. The SMILES string of the molecule is CCNC(=NCCCCC1CCCC1)N1CCC(O)CC1.I. The first-order chi connectivity index (χ1) is 10.3. The minimum atomic E-state index is -0.115. The van der Waals surface area contributed by atoms with Crippen molar-refractivity contribution in [2.75, 3.05) is 26.2 Å². The lowest BCUT2D eigenvalue weighted by Crippen LogP contribution is -2.46. The summed E-state index contributed by atoms with van der Waals surface area (Å²) >= 11 is 0. The number of hydrogen-bond acceptors (Lipinski definition) is 2. The van der Waals surface area contributed by atoms with Gasteiger partial charge in [0.1, 0.15) is 0 Å². The van der Waals surface area contributed by atoms with Crippen LogP contribution >= 0.6 is 24.0 Å². The summed E-state index contributed by atoms with van der Waals surface area (Å²) in [5, 5.41) is 13.0. The van der Waals surface area contributed by atoms with Crippen molar-refractivity contribution in [3.8, 4) is 0 Å². The van der Waals surface area contributed by atoms with Gasteiger partial charge in [0, 0.05) is 26.2 Å². The Morgan fingerprint density at radius 1 is 1.14 bits per heavy atom. The fraction of sp³-hybridized carbons (Fsp3) is 0.941. The van der Waals surface area contributed by atoms with E-state index in [1.165, 1.54) is 44.9 Å². The van der Waals surface area contributed by atoms with Crippen LogP contribution < -0.4 is 5.32 Å². The monoisotopic (exact) mass is 423 g/mol. The summed E-state index contributed by atoms with van der Waals surface area (Å²) < 4.78 is 0. The average Bonchev–Trinajstić information content (AvgIpc) is 3.00. The predicted octanol–water partition coefficient (Wildman–Crippen LogP) is 3.39. The first-order valence-electron chi connectivity index (χ1n) is 9.01. The summed E-state index contributed by atoms with van der Waals surface area (Å²) in [6, 6.07) is 0. The highest BCUT2D eigenvalue weighted by molar-refractivity contribution is 14.0. The largest absolute Gasteiger partial charge is 0.393 e. The molecular weight excluding hydrogens is 389 g/mol. The number of nitrogens with zero attached hydrogens (tertiary/aromatic N) is 2. The molecule has 2 rings (SSSR count). The van der Waals surface area contributed by atoms with Crippen LogP contribution in [-0.4, -0.2) is 48.2 Å². The Hall–Kier alpha value is -0.0400. The number of piperidine rings is 1. The zero-order chi connectivity index (χ0) is 14.9. The second-order valence-electron chi connectivity index (χ2n) is 6.60. The molecule has 1 heterocycles. The summed E-state index contributed by atoms with van der Waals surface area (Å²) in [6.07, 6.45) is 11.4. The number of aliphatic imine (C=N–C) groups is 1. The van der Waals surface area contributed by atoms with E-state index < -0.39 is 0 Å². The molecule has 0 radical (unpaired) electrons. The van der Waals surface area contributed by atoms with Gasteiger partial charge in [-0.1, -0.05) is 38.5 Å². The van der Waals surface area contributed by atoms with Crippen molar-refractivity contribution in [3.05, 3.63) is 0 Å². The van der Waals surface area contributed by atoms with Crippen LogP contribution in [0.15, 0.2) is 4.99 Å². The van der Waals surface area contributed by atoms with Crippen molar-refractivity contribution < 1.29 is 5.11 Å². The minimum Gasteiger partial charge on any atom is -0.393 e. The van der Waals surface area contributed by atoms with Crippen LogP contribution in [0.1, 0.15) is 64.7 Å². The van der Waals surface area contributed by atoms with E-state index in [1.54, 1.807) is 0 Å². The summed E-state index contributed by atoms with van der Waals surface area (Å²) in [4.78, 5) is 7.07. The third kappa shape index (κ3) is 7.02. The van der Waals surface area contributed by atoms with E-state index in [9.17, 15) is 5.11 Å². The van der Waals surface area contributed by atoms with Crippen molar-refractivity contribution in [1.29, 1.82) is 0 Å². The second kappa shape index (κ2) is 11.5. The highest BCUT2D eigenvalue weighted by Crippen LogP contribution is 2.28. The Balaban J connectivity index is 0.00000242. The van der Waals surface area contributed by atoms with Gasteiger partial charge in [0.25, 0.3) is 0 Å². The normalized spacial score (nSPS) is 21.0. The number of guanidine groups is 1. The first-order valence-corrected chi connectivity index (χ1v) is 9.01. The number of halogens is 1. The quantitative estimate of drug-likeness (QED) is 0.298. The minimum absolute atomic E-state index is 0. The Bertz CT molecular complexity index is 311. The Labute approximate surface area is 153 Å². The summed E-state index contributed by atoms with van der Waals surface area (Å²) in [5.41, 5.74) is 0. The van der Waals surface area contributed by atoms with Crippen molar-refractivity contribution >= 4 is 29.9 Å². The summed E-state index contributed by atoms with van der Waals surface area (Å²) in [5.74, 6) is 2.05. The number of likely N-dealkylation sites (tertiary alicyclic amines) is 1. The third-order valence-corrected chi connectivity index (χ3v) is 4.86. The van der Waals surface area contributed by atoms with Gasteiger partial charge in [-0.15, -0.1) is 24.0 Å². The Morgan fingerprint density at radius 2 is 1.82 bits per heavy atom. The van der Waals surface area contributed by atoms with Gasteiger partial charge in [0.2, 0.25) is 0 Å². The van der Waals surface area contributed by atoms with Crippen molar-refractivity contribution in [3.63, 3.8) is 0 Å². The van der Waals surface area contributed by atoms with Gasteiger partial charge in [0.15, 0.2) is 5.96 Å². The fourth-order valence-corrected chi connectivity index (χ4v) is 3.53. The average molecular weight is 423 g/mol. The smallest absolute Gasteiger partial charge is 0.193 e. The van der Waals surface area contributed by atoms with E-state index in [0.717, 1.165) is 50.9 Å². The molecule has 0 aromatic heterocycles. The van der Waals surface area contributed by atoms with E-state index in [-0.39, 0.29) is 30.1 Å². The van der Waals surface area contributed by atoms with Gasteiger partial charge in [-0.25, -0.2) is 0 Å². The standard InChI is InChI=1S/C17H33N3O.HI/c1-2-18-17(20-13-10-16(21)11-14-20)19-12-6-5-9-15-7-3-4-8-15;/h15-16,21H,2-14H2,1H3,(H,18,19);1H. The molecule has 2 N–H and O–H groups in total. The lowest BCUT2D eigenvalue weighted by molar-refractivity contribution is 0.108. The maximum absolute atomic E-state index is 9.60. The number of nitrogens with one attached hydrogen (secondary N) is 1. The molecule has 1 saturated carbocycles. The topological polar surface area (TPSA) is 47.9 Å². The Morgan fingerprint density at radius 3 is 2.45 bits per heavy atom. The molecule has 0 aromatic carbocycles. The van der Waals surface area contributed by atoms with E-state index in [2.05, 4.69) is 17.1 Å². The van der Waals surface area contributed by atoms with Gasteiger partial charge in [-0.2, -0.15) is 0 Å². The molecular formula is C17H34IN3O. The molecule has 0 bridgehead atoms. The van der Waals surface area contributed by atoms with Crippen molar-refractivity contribution in [2.45, 2.75) is 70.8 Å². The molecule has 1 aliphatic heterocycles. The van der Waals surface area contributed by atoms with Crippen LogP contribution in [0.5, 0.6) is 0 Å². The van der Waals surface area contributed by atoms with Crippen LogP contribution in [0, 0.1) is 5.92 Å². The lowest BCUT2D eigenvalue weighted by atomic mass is 10.0. The van der Waals surface area contributed by atoms with E-state index in [0.29, 0.717) is 0 Å². The van der Waals surface area contributed by atoms with Crippen LogP contribution in [0.3, 0.4) is 0 Å². The maximum atomic E-state index is 9.60. The molecule has 2 fully saturated rings. The van der Waals surface area contributed by atoms with Crippen LogP contribution in [0.25, 0.3) is 0 Å². The van der Waals surface area contributed by atoms with Crippen LogP contribution in [0.4, 0.5) is 0 Å². The molecule has 1 aliphatic carbocycles. The molecule has 1 saturated heterocycles. The zero-order valence-corrected chi connectivity index (χ0v) is 16.4. The molecule has 0 amide bonds. The summed E-state index contributed by atoms with van der Waals surface area (Å²) in [7, 11) is 0. The molecule has 22 heavy (non-hydrogen) atoms. The van der Waals surface area contributed by atoms with Gasteiger partial charge in [-0.3, -0.25) is 4.99 Å². The van der Waals surface area contributed by atoms with E-state index >= 15 is 0 Å². The van der Waals surface area contributed by atoms with Crippen molar-refractivity contribution in [1.82, 2.24) is 10.2 Å². The second-order valence-corrected chi connectivity index (χ2v) is 6.60. The maximum Gasteiger partial charge on any atom is 0.193 e. The van der Waals surface area contributed by atoms with E-state index in [4.69, 9.17) is 4.99 Å². The zero-order valence-electron chi connectivity index (χ0n) is 14.1. The van der Waals surface area contributed by atoms with E-state index in [1.807, 2.05) is 0 Å². The predicted molar refractivity (Wildman–Crippen MR) is 104 cm³/mol. The fourth-order valence-electron chi connectivity index (χ4n) is 3.53. The van der Waals surface area contributed by atoms with Gasteiger partial charge < -0.3 is 15.3 Å². The molecule has 0 unspecified atom stereocenters. The molecule has 5 heteroatoms. The van der Waals surface area contributed by atoms with Crippen LogP contribution in [0.2, 0.25) is 0 Å². The lowest BCUT2D eigenvalue weighted by Gasteiger charge is -2.32. The molecule has 4 nitrogen and oxygen atoms in total. The number of hydrogen-bond donors (Lipinski definition) is 2. The van der Waals surface area contributed by atoms with Crippen LogP contribution in [-0.2, 0) is 0 Å². The summed E-state index contributed by atoms with van der Waals surface area (Å²) in [6.45, 7) is 5.83. The van der Waals surface area contributed by atoms with Crippen molar-refractivity contribution in [2.24, 2.45) is 10.9 Å². The first kappa shape index (κ1) is 20.0. The van der Waals surface area contributed by atoms with Gasteiger partial charge >= 0.3 is 0 Å². The number of aliphatic hydroxyl groups is 1. The number of aliphatic hydroxyl groups excluding tert-OH is 1. The highest BCUT2D eigenvalue weighted by atomic mass is 127. The number of unbranched alkanes of at least 4 members (excludes halogenated alkanes) is 1. The molecule has 130 valence electrons. The van der Waals surface area contributed by atoms with Gasteiger partial charge in [-0.05, 0) is 32.1 Å². The molecule has 0 atom stereocenters. The Kier molecular flexibility index (Phi) is 10.4. The molecule has 2 aliphatic rings. The van der Waals surface area contributed by atoms with Gasteiger partial charge in [0.05, 0.1) is 6.10 Å². The molecule has 0 spiro atoms. The third-order valence-electron chi connectivity index (χ3n) is 4.86. The highest BCUT2D eigenvalue weighted by Gasteiger charge is 2.19.